The molecule has 0 fully saturated rings. The minimum absolute atomic E-state index is 0.312. The van der Waals surface area contributed by atoms with Crippen molar-refractivity contribution in [2.24, 2.45) is 5.92 Å². The van der Waals surface area contributed by atoms with E-state index < -0.39 is 11.8 Å². The van der Waals surface area contributed by atoms with Crippen LogP contribution in [0.3, 0.4) is 0 Å². The summed E-state index contributed by atoms with van der Waals surface area (Å²) in [6.07, 6.45) is 0. The number of carbonyl (C=O) groups excluding carboxylic acids is 2. The van der Waals surface area contributed by atoms with Crippen molar-refractivity contribution in [2.75, 3.05) is 6.61 Å². The van der Waals surface area contributed by atoms with Crippen molar-refractivity contribution >= 4 is 11.8 Å². The van der Waals surface area contributed by atoms with Crippen molar-refractivity contribution in [3.8, 4) is 5.75 Å². The van der Waals surface area contributed by atoms with Gasteiger partial charge in [-0.1, -0.05) is 80.6 Å². The van der Waals surface area contributed by atoms with Gasteiger partial charge in [-0.15, -0.1) is 0 Å². The molecule has 5 heteroatoms. The normalized spacial score (nSPS) is 10.7. The molecule has 0 atom stereocenters. The molecule has 3 rings (SSSR count). The number of hydrazine groups is 1. The van der Waals surface area contributed by atoms with Crippen molar-refractivity contribution in [2.45, 2.75) is 19.8 Å². The number of carbonyl (C=O) groups is 2. The summed E-state index contributed by atoms with van der Waals surface area (Å²) in [5.41, 5.74) is 7.19. The third-order valence-corrected chi connectivity index (χ3v) is 4.51. The van der Waals surface area contributed by atoms with E-state index in [-0.39, 0.29) is 5.91 Å². The molecule has 0 bridgehead atoms. The van der Waals surface area contributed by atoms with Gasteiger partial charge < -0.3 is 4.74 Å². The summed E-state index contributed by atoms with van der Waals surface area (Å²) in [6.45, 7) is 4.68. The van der Waals surface area contributed by atoms with E-state index in [9.17, 15) is 9.59 Å². The Kier molecular flexibility index (Phi) is 7.22. The molecule has 0 unspecified atom stereocenters. The van der Waals surface area contributed by atoms with E-state index in [2.05, 4.69) is 24.7 Å². The molecule has 30 heavy (non-hydrogen) atoms. The van der Waals surface area contributed by atoms with Crippen molar-refractivity contribution in [3.05, 3.63) is 102 Å². The zero-order chi connectivity index (χ0) is 21.3. The molecule has 0 spiro atoms. The van der Waals surface area contributed by atoms with Gasteiger partial charge in [0, 0.05) is 5.56 Å². The van der Waals surface area contributed by atoms with Crippen LogP contribution in [0.1, 0.15) is 41.3 Å². The molecule has 154 valence electrons. The van der Waals surface area contributed by atoms with Crippen LogP contribution < -0.4 is 15.6 Å². The zero-order valence-corrected chi connectivity index (χ0v) is 17.2. The van der Waals surface area contributed by atoms with Crippen LogP contribution in [0.25, 0.3) is 0 Å². The van der Waals surface area contributed by atoms with Crippen LogP contribution in [-0.2, 0) is 4.79 Å². The average molecular weight is 402 g/mol. The third kappa shape index (κ3) is 5.70. The fourth-order valence-corrected chi connectivity index (χ4v) is 3.04. The standard InChI is InChI=1S/C25H26N2O3/c1-18(2)17-30-22-15-9-14-21(16-22)24(28)26-27-25(29)23(19-10-5-3-6-11-19)20-12-7-4-8-13-20/h3-16,18,23H,17H2,1-2H3,(H,26,28)(H,27,29). The van der Waals surface area contributed by atoms with E-state index in [4.69, 9.17) is 4.74 Å². The summed E-state index contributed by atoms with van der Waals surface area (Å²) in [5, 5.41) is 0. The van der Waals surface area contributed by atoms with Crippen LogP contribution in [0, 0.1) is 5.92 Å². The Morgan fingerprint density at radius 1 is 0.800 bits per heavy atom. The van der Waals surface area contributed by atoms with Crippen LogP contribution in [0.5, 0.6) is 5.75 Å². The van der Waals surface area contributed by atoms with E-state index in [1.54, 1.807) is 24.3 Å². The number of hydrogen-bond acceptors (Lipinski definition) is 3. The number of rotatable bonds is 7. The van der Waals surface area contributed by atoms with Gasteiger partial charge in [-0.3, -0.25) is 20.4 Å². The van der Waals surface area contributed by atoms with Crippen LogP contribution in [0.15, 0.2) is 84.9 Å². The Morgan fingerprint density at radius 3 is 1.97 bits per heavy atom. The zero-order valence-electron chi connectivity index (χ0n) is 17.2. The first-order valence-corrected chi connectivity index (χ1v) is 9.97. The largest absolute Gasteiger partial charge is 0.493 e. The first kappa shape index (κ1) is 21.1. The van der Waals surface area contributed by atoms with Crippen molar-refractivity contribution in [3.63, 3.8) is 0 Å². The van der Waals surface area contributed by atoms with Gasteiger partial charge in [-0.2, -0.15) is 0 Å². The molecule has 0 aliphatic rings. The summed E-state index contributed by atoms with van der Waals surface area (Å²) in [4.78, 5) is 25.5. The van der Waals surface area contributed by atoms with Crippen LogP contribution in [0.4, 0.5) is 0 Å². The fourth-order valence-electron chi connectivity index (χ4n) is 3.04. The molecule has 0 heterocycles. The lowest BCUT2D eigenvalue weighted by Gasteiger charge is -2.18. The Balaban J connectivity index is 1.70. The highest BCUT2D eigenvalue weighted by molar-refractivity contribution is 5.96. The Hall–Kier alpha value is -3.60. The second-order valence-corrected chi connectivity index (χ2v) is 7.43. The molecular formula is C25H26N2O3. The molecule has 0 saturated heterocycles. The SMILES string of the molecule is CC(C)COc1cccc(C(=O)NNC(=O)C(c2ccccc2)c2ccccc2)c1. The Bertz CT molecular complexity index is 932. The van der Waals surface area contributed by atoms with Crippen LogP contribution in [-0.4, -0.2) is 18.4 Å². The van der Waals surface area contributed by atoms with E-state index in [0.717, 1.165) is 11.1 Å². The van der Waals surface area contributed by atoms with Gasteiger partial charge in [0.15, 0.2) is 0 Å². The summed E-state index contributed by atoms with van der Waals surface area (Å²) < 4.78 is 5.67. The maximum absolute atomic E-state index is 13.0. The lowest BCUT2D eigenvalue weighted by atomic mass is 9.91. The van der Waals surface area contributed by atoms with E-state index in [1.807, 2.05) is 60.7 Å². The number of hydrogen-bond donors (Lipinski definition) is 2. The number of amides is 2. The predicted molar refractivity (Wildman–Crippen MR) is 117 cm³/mol. The van der Waals surface area contributed by atoms with Gasteiger partial charge in [0.2, 0.25) is 5.91 Å². The molecule has 3 aromatic rings. The average Bonchev–Trinajstić information content (AvgIpc) is 2.78. The Morgan fingerprint density at radius 2 is 1.40 bits per heavy atom. The number of benzene rings is 3. The second-order valence-electron chi connectivity index (χ2n) is 7.43. The maximum atomic E-state index is 13.0. The van der Waals surface area contributed by atoms with Gasteiger partial charge in [-0.25, -0.2) is 0 Å². The highest BCUT2D eigenvalue weighted by Gasteiger charge is 2.23. The van der Waals surface area contributed by atoms with Crippen molar-refractivity contribution in [1.82, 2.24) is 10.9 Å². The lowest BCUT2D eigenvalue weighted by Crippen LogP contribution is -2.44. The molecule has 0 aromatic heterocycles. The minimum Gasteiger partial charge on any atom is -0.493 e. The number of nitrogens with one attached hydrogen (secondary N) is 2. The Labute approximate surface area is 177 Å². The quantitative estimate of drug-likeness (QED) is 0.579. The minimum atomic E-state index is -0.534. The summed E-state index contributed by atoms with van der Waals surface area (Å²) in [7, 11) is 0. The molecule has 0 radical (unpaired) electrons. The van der Waals surface area contributed by atoms with E-state index in [0.29, 0.717) is 23.8 Å². The van der Waals surface area contributed by atoms with Gasteiger partial charge in [0.1, 0.15) is 5.75 Å². The maximum Gasteiger partial charge on any atom is 0.269 e. The smallest absolute Gasteiger partial charge is 0.269 e. The molecule has 0 saturated carbocycles. The summed E-state index contributed by atoms with van der Waals surface area (Å²) >= 11 is 0. The van der Waals surface area contributed by atoms with Crippen molar-refractivity contribution < 1.29 is 14.3 Å². The predicted octanol–water partition coefficient (Wildman–Crippen LogP) is 4.31. The molecule has 3 aromatic carbocycles. The molecular weight excluding hydrogens is 376 g/mol. The molecule has 0 aliphatic carbocycles. The first-order chi connectivity index (χ1) is 14.5. The third-order valence-electron chi connectivity index (χ3n) is 4.51. The number of ether oxygens (including phenoxy) is 1. The van der Waals surface area contributed by atoms with E-state index >= 15 is 0 Å². The first-order valence-electron chi connectivity index (χ1n) is 9.97. The van der Waals surface area contributed by atoms with Crippen LogP contribution in [0.2, 0.25) is 0 Å². The fraction of sp³-hybridized carbons (Fsp3) is 0.200. The van der Waals surface area contributed by atoms with Gasteiger partial charge in [0.25, 0.3) is 5.91 Å². The summed E-state index contributed by atoms with van der Waals surface area (Å²) in [5.74, 6) is -0.247. The molecule has 2 N–H and O–H groups in total. The van der Waals surface area contributed by atoms with E-state index in [1.165, 1.54) is 0 Å². The molecule has 5 nitrogen and oxygen atoms in total. The van der Waals surface area contributed by atoms with Gasteiger partial charge in [-0.05, 0) is 35.2 Å². The van der Waals surface area contributed by atoms with Crippen molar-refractivity contribution in [1.29, 1.82) is 0 Å². The molecule has 2 amide bonds. The second kappa shape index (κ2) is 10.3. The van der Waals surface area contributed by atoms with Crippen LogP contribution >= 0.6 is 0 Å². The highest BCUT2D eigenvalue weighted by atomic mass is 16.5. The van der Waals surface area contributed by atoms with Gasteiger partial charge >= 0.3 is 0 Å². The summed E-state index contributed by atoms with van der Waals surface area (Å²) in [6, 6.07) is 25.8. The highest BCUT2D eigenvalue weighted by Crippen LogP contribution is 2.24. The lowest BCUT2D eigenvalue weighted by molar-refractivity contribution is -0.122. The monoisotopic (exact) mass is 402 g/mol. The van der Waals surface area contributed by atoms with Gasteiger partial charge in [0.05, 0.1) is 12.5 Å². The molecule has 0 aliphatic heterocycles. The topological polar surface area (TPSA) is 67.4 Å².